The van der Waals surface area contributed by atoms with Crippen molar-refractivity contribution in [3.63, 3.8) is 0 Å². The molecule has 0 aliphatic carbocycles. The highest BCUT2D eigenvalue weighted by Crippen LogP contribution is 2.21. The Labute approximate surface area is 152 Å². The van der Waals surface area contributed by atoms with E-state index in [1.807, 2.05) is 85.9 Å². The Morgan fingerprint density at radius 2 is 1.62 bits per heavy atom. The van der Waals surface area contributed by atoms with E-state index in [0.717, 1.165) is 28.0 Å². The van der Waals surface area contributed by atoms with Crippen molar-refractivity contribution in [3.8, 4) is 11.4 Å². The molecule has 0 aliphatic rings. The van der Waals surface area contributed by atoms with E-state index in [1.54, 1.807) is 4.90 Å². The molecule has 0 atom stereocenters. The number of hydrogen-bond donors (Lipinski definition) is 1. The highest BCUT2D eigenvalue weighted by atomic mass is 16.2. The molecule has 26 heavy (non-hydrogen) atoms. The van der Waals surface area contributed by atoms with Crippen molar-refractivity contribution in [2.24, 2.45) is 0 Å². The van der Waals surface area contributed by atoms with Crippen LogP contribution in [0.4, 0.5) is 0 Å². The number of carbonyl (C=O) groups excluding carboxylic acids is 1. The Bertz CT molecular complexity index is 1000. The lowest BCUT2D eigenvalue weighted by Gasteiger charge is -2.17. The van der Waals surface area contributed by atoms with E-state index in [9.17, 15) is 4.79 Å². The summed E-state index contributed by atoms with van der Waals surface area (Å²) in [4.78, 5) is 22.3. The first-order chi connectivity index (χ1) is 12.7. The standard InChI is InChI=1S/C22H19N3O/c1-25(15-16-7-3-2-4-8-16)22(26)18-13-11-17(12-14-18)21-23-19-9-5-6-10-20(19)24-21/h2-14H,15H2,1H3,(H,23,24). The third kappa shape index (κ3) is 3.22. The molecular weight excluding hydrogens is 322 g/mol. The van der Waals surface area contributed by atoms with Crippen molar-refractivity contribution in [3.05, 3.63) is 90.0 Å². The summed E-state index contributed by atoms with van der Waals surface area (Å²) in [5.41, 5.74) is 4.68. The Kier molecular flexibility index (Phi) is 4.23. The zero-order chi connectivity index (χ0) is 17.9. The van der Waals surface area contributed by atoms with Crippen LogP contribution in [-0.2, 0) is 6.54 Å². The number of nitrogens with one attached hydrogen (secondary N) is 1. The highest BCUT2D eigenvalue weighted by molar-refractivity contribution is 5.94. The molecule has 1 aromatic heterocycles. The molecule has 0 saturated heterocycles. The van der Waals surface area contributed by atoms with Gasteiger partial charge in [0.05, 0.1) is 11.0 Å². The highest BCUT2D eigenvalue weighted by Gasteiger charge is 2.13. The number of H-pyrrole nitrogens is 1. The Morgan fingerprint density at radius 3 is 2.35 bits per heavy atom. The van der Waals surface area contributed by atoms with Crippen LogP contribution in [0.1, 0.15) is 15.9 Å². The summed E-state index contributed by atoms with van der Waals surface area (Å²) in [6.45, 7) is 0.588. The van der Waals surface area contributed by atoms with Gasteiger partial charge in [-0.15, -0.1) is 0 Å². The number of imidazole rings is 1. The van der Waals surface area contributed by atoms with Gasteiger partial charge in [0.15, 0.2) is 0 Å². The Morgan fingerprint density at radius 1 is 0.923 bits per heavy atom. The number of carbonyl (C=O) groups is 1. The zero-order valence-electron chi connectivity index (χ0n) is 14.5. The molecule has 0 saturated carbocycles. The number of amides is 1. The summed E-state index contributed by atoms with van der Waals surface area (Å²) >= 11 is 0. The largest absolute Gasteiger partial charge is 0.338 e. The van der Waals surface area contributed by atoms with Crippen LogP contribution in [0, 0.1) is 0 Å². The molecule has 0 spiro atoms. The zero-order valence-corrected chi connectivity index (χ0v) is 14.5. The number of rotatable bonds is 4. The minimum absolute atomic E-state index is 0.00464. The van der Waals surface area contributed by atoms with Gasteiger partial charge in [-0.05, 0) is 29.8 Å². The first-order valence-corrected chi connectivity index (χ1v) is 8.55. The predicted molar refractivity (Wildman–Crippen MR) is 104 cm³/mol. The minimum atomic E-state index is 0.00464. The van der Waals surface area contributed by atoms with E-state index < -0.39 is 0 Å². The van der Waals surface area contributed by atoms with Crippen molar-refractivity contribution < 1.29 is 4.79 Å². The van der Waals surface area contributed by atoms with Crippen molar-refractivity contribution >= 4 is 16.9 Å². The van der Waals surface area contributed by atoms with Crippen LogP contribution in [-0.4, -0.2) is 27.8 Å². The van der Waals surface area contributed by atoms with Gasteiger partial charge in [-0.2, -0.15) is 0 Å². The second-order valence-electron chi connectivity index (χ2n) is 6.33. The topological polar surface area (TPSA) is 49.0 Å². The lowest BCUT2D eigenvalue weighted by atomic mass is 10.1. The van der Waals surface area contributed by atoms with Crippen LogP contribution < -0.4 is 0 Å². The molecule has 4 rings (SSSR count). The molecule has 0 fully saturated rings. The SMILES string of the molecule is CN(Cc1ccccc1)C(=O)c1ccc(-c2nc3ccccc3[nH]2)cc1. The smallest absolute Gasteiger partial charge is 0.253 e. The van der Waals surface area contributed by atoms with Crippen molar-refractivity contribution in [1.82, 2.24) is 14.9 Å². The van der Waals surface area contributed by atoms with E-state index in [2.05, 4.69) is 9.97 Å². The minimum Gasteiger partial charge on any atom is -0.338 e. The average Bonchev–Trinajstić information content (AvgIpc) is 3.12. The van der Waals surface area contributed by atoms with E-state index in [-0.39, 0.29) is 5.91 Å². The van der Waals surface area contributed by atoms with Gasteiger partial charge < -0.3 is 9.88 Å². The third-order valence-electron chi connectivity index (χ3n) is 4.40. The number of fused-ring (bicyclic) bond motifs is 1. The Hall–Kier alpha value is -3.40. The van der Waals surface area contributed by atoms with Crippen LogP contribution in [0.15, 0.2) is 78.9 Å². The monoisotopic (exact) mass is 341 g/mol. The quantitative estimate of drug-likeness (QED) is 0.594. The van der Waals surface area contributed by atoms with E-state index >= 15 is 0 Å². The van der Waals surface area contributed by atoms with E-state index in [1.165, 1.54) is 0 Å². The molecule has 1 N–H and O–H groups in total. The fourth-order valence-corrected chi connectivity index (χ4v) is 3.01. The Balaban J connectivity index is 1.52. The molecule has 0 aliphatic heterocycles. The summed E-state index contributed by atoms with van der Waals surface area (Å²) in [6, 6.07) is 25.5. The maximum Gasteiger partial charge on any atom is 0.253 e. The lowest BCUT2D eigenvalue weighted by molar-refractivity contribution is 0.0785. The molecule has 1 amide bonds. The molecule has 4 nitrogen and oxygen atoms in total. The second kappa shape index (κ2) is 6.84. The van der Waals surface area contributed by atoms with Gasteiger partial charge in [0.25, 0.3) is 5.91 Å². The number of hydrogen-bond acceptors (Lipinski definition) is 2. The second-order valence-corrected chi connectivity index (χ2v) is 6.33. The fourth-order valence-electron chi connectivity index (χ4n) is 3.01. The van der Waals surface area contributed by atoms with Gasteiger partial charge in [0.2, 0.25) is 0 Å². The molecular formula is C22H19N3O. The molecule has 0 radical (unpaired) electrons. The van der Waals surface area contributed by atoms with Gasteiger partial charge in [-0.1, -0.05) is 54.6 Å². The summed E-state index contributed by atoms with van der Waals surface area (Å²) in [7, 11) is 1.82. The summed E-state index contributed by atoms with van der Waals surface area (Å²) < 4.78 is 0. The maximum atomic E-state index is 12.6. The van der Waals surface area contributed by atoms with E-state index in [0.29, 0.717) is 12.1 Å². The molecule has 128 valence electrons. The van der Waals surface area contributed by atoms with Crippen molar-refractivity contribution in [2.45, 2.75) is 6.54 Å². The summed E-state index contributed by atoms with van der Waals surface area (Å²) in [6.07, 6.45) is 0. The first-order valence-electron chi connectivity index (χ1n) is 8.55. The van der Waals surface area contributed by atoms with Gasteiger partial charge in [0, 0.05) is 24.7 Å². The number of aromatic amines is 1. The number of para-hydroxylation sites is 2. The summed E-state index contributed by atoms with van der Waals surface area (Å²) in [5, 5.41) is 0. The number of nitrogens with zero attached hydrogens (tertiary/aromatic N) is 2. The summed E-state index contributed by atoms with van der Waals surface area (Å²) in [5.74, 6) is 0.813. The average molecular weight is 341 g/mol. The van der Waals surface area contributed by atoms with Gasteiger partial charge in [-0.25, -0.2) is 4.98 Å². The van der Waals surface area contributed by atoms with Crippen molar-refractivity contribution in [2.75, 3.05) is 7.05 Å². The predicted octanol–water partition coefficient (Wildman–Crippen LogP) is 4.50. The van der Waals surface area contributed by atoms with Gasteiger partial charge in [-0.3, -0.25) is 4.79 Å². The molecule has 3 aromatic carbocycles. The van der Waals surface area contributed by atoms with Gasteiger partial charge >= 0.3 is 0 Å². The maximum absolute atomic E-state index is 12.6. The van der Waals surface area contributed by atoms with Crippen LogP contribution in [0.25, 0.3) is 22.4 Å². The molecule has 4 heteroatoms. The first kappa shape index (κ1) is 16.1. The van der Waals surface area contributed by atoms with Crippen LogP contribution in [0.5, 0.6) is 0 Å². The molecule has 1 heterocycles. The van der Waals surface area contributed by atoms with E-state index in [4.69, 9.17) is 0 Å². The fraction of sp³-hybridized carbons (Fsp3) is 0.0909. The molecule has 0 unspecified atom stereocenters. The number of aromatic nitrogens is 2. The number of benzene rings is 3. The van der Waals surface area contributed by atoms with Crippen LogP contribution >= 0.6 is 0 Å². The molecule has 0 bridgehead atoms. The third-order valence-corrected chi connectivity index (χ3v) is 4.40. The van der Waals surface area contributed by atoms with Crippen LogP contribution in [0.3, 0.4) is 0 Å². The van der Waals surface area contributed by atoms with Crippen molar-refractivity contribution in [1.29, 1.82) is 0 Å². The normalized spacial score (nSPS) is 10.8. The lowest BCUT2D eigenvalue weighted by Crippen LogP contribution is -2.26. The molecule has 4 aromatic rings. The van der Waals surface area contributed by atoms with Gasteiger partial charge in [0.1, 0.15) is 5.82 Å². The van der Waals surface area contributed by atoms with Crippen LogP contribution in [0.2, 0.25) is 0 Å².